The summed E-state index contributed by atoms with van der Waals surface area (Å²) in [6.07, 6.45) is 4.90. The number of amides is 1. The Morgan fingerprint density at radius 3 is 2.67 bits per heavy atom. The normalized spacial score (nSPS) is 10.7. The van der Waals surface area contributed by atoms with Crippen molar-refractivity contribution in [3.8, 4) is 5.69 Å². The first-order valence-corrected chi connectivity index (χ1v) is 9.25. The third-order valence-corrected chi connectivity index (χ3v) is 4.79. The number of hydrogen-bond acceptors (Lipinski definition) is 5. The second-order valence-corrected chi connectivity index (χ2v) is 6.70. The van der Waals surface area contributed by atoms with Gasteiger partial charge in [-0.05, 0) is 29.8 Å². The van der Waals surface area contributed by atoms with Gasteiger partial charge in [-0.3, -0.25) is 9.89 Å². The van der Waals surface area contributed by atoms with Crippen LogP contribution in [0.4, 0.5) is 5.69 Å². The zero-order chi connectivity index (χ0) is 18.5. The maximum atomic E-state index is 12.4. The van der Waals surface area contributed by atoms with Crippen LogP contribution in [-0.2, 0) is 5.75 Å². The molecule has 0 spiro atoms. The SMILES string of the molecule is O=C(Nc1cnn(-c2ccccc2)c1)c1ccc(CSc2ncn[nH]2)cc1. The Hall–Kier alpha value is -3.39. The number of para-hydroxylation sites is 1. The van der Waals surface area contributed by atoms with Crippen molar-refractivity contribution < 1.29 is 4.79 Å². The predicted molar refractivity (Wildman–Crippen MR) is 104 cm³/mol. The number of nitrogens with one attached hydrogen (secondary N) is 2. The lowest BCUT2D eigenvalue weighted by Crippen LogP contribution is -2.11. The molecule has 2 aromatic carbocycles. The van der Waals surface area contributed by atoms with E-state index in [1.165, 1.54) is 6.33 Å². The molecular formula is C19H16N6OS. The molecule has 0 atom stereocenters. The molecule has 2 N–H and O–H groups in total. The van der Waals surface area contributed by atoms with Crippen LogP contribution in [0.15, 0.2) is 78.5 Å². The van der Waals surface area contributed by atoms with Crippen LogP contribution in [0.25, 0.3) is 5.69 Å². The molecule has 0 unspecified atom stereocenters. The highest BCUT2D eigenvalue weighted by Gasteiger charge is 2.08. The summed E-state index contributed by atoms with van der Waals surface area (Å²) in [4.78, 5) is 16.5. The summed E-state index contributed by atoms with van der Waals surface area (Å²) in [5.74, 6) is 0.582. The van der Waals surface area contributed by atoms with Crippen LogP contribution in [0.5, 0.6) is 0 Å². The number of nitrogens with zero attached hydrogens (tertiary/aromatic N) is 4. The molecule has 1 amide bonds. The van der Waals surface area contributed by atoms with Crippen molar-refractivity contribution in [1.82, 2.24) is 25.0 Å². The van der Waals surface area contributed by atoms with Crippen LogP contribution in [0.2, 0.25) is 0 Å². The minimum absolute atomic E-state index is 0.169. The second-order valence-electron chi connectivity index (χ2n) is 5.74. The highest BCUT2D eigenvalue weighted by Crippen LogP contribution is 2.19. The van der Waals surface area contributed by atoms with Crippen LogP contribution in [0, 0.1) is 0 Å². The molecule has 4 rings (SSSR count). The maximum absolute atomic E-state index is 12.4. The van der Waals surface area contributed by atoms with Gasteiger partial charge >= 0.3 is 0 Å². The number of H-pyrrole nitrogens is 1. The standard InChI is InChI=1S/C19H16N6OS/c26-18(23-16-10-22-25(11-16)17-4-2-1-3-5-17)15-8-6-14(7-9-15)12-27-19-20-13-21-24-19/h1-11,13H,12H2,(H,23,26)(H,20,21,24). The fourth-order valence-electron chi connectivity index (χ4n) is 2.48. The van der Waals surface area contributed by atoms with E-state index in [-0.39, 0.29) is 5.91 Å². The fourth-order valence-corrected chi connectivity index (χ4v) is 3.22. The van der Waals surface area contributed by atoms with Gasteiger partial charge in [0.05, 0.1) is 23.8 Å². The van der Waals surface area contributed by atoms with E-state index in [9.17, 15) is 4.79 Å². The molecule has 0 aliphatic heterocycles. The Balaban J connectivity index is 1.37. The number of benzene rings is 2. The maximum Gasteiger partial charge on any atom is 0.255 e. The molecule has 8 heteroatoms. The molecule has 0 aliphatic rings. The van der Waals surface area contributed by atoms with Gasteiger partial charge in [0.25, 0.3) is 5.91 Å². The zero-order valence-corrected chi connectivity index (χ0v) is 15.1. The smallest absolute Gasteiger partial charge is 0.255 e. The minimum atomic E-state index is -0.169. The highest BCUT2D eigenvalue weighted by atomic mass is 32.2. The molecule has 0 bridgehead atoms. The summed E-state index contributed by atoms with van der Waals surface area (Å²) < 4.78 is 1.72. The summed E-state index contributed by atoms with van der Waals surface area (Å²) in [6, 6.07) is 17.2. The van der Waals surface area contributed by atoms with Crippen molar-refractivity contribution in [2.24, 2.45) is 0 Å². The highest BCUT2D eigenvalue weighted by molar-refractivity contribution is 7.98. The Labute approximate surface area is 159 Å². The van der Waals surface area contributed by atoms with Gasteiger partial charge in [0, 0.05) is 11.3 Å². The van der Waals surface area contributed by atoms with E-state index in [1.54, 1.807) is 28.8 Å². The van der Waals surface area contributed by atoms with Gasteiger partial charge in [0.1, 0.15) is 6.33 Å². The van der Waals surface area contributed by atoms with Crippen molar-refractivity contribution in [2.45, 2.75) is 10.9 Å². The molecular weight excluding hydrogens is 360 g/mol. The number of thioether (sulfide) groups is 1. The molecule has 2 heterocycles. The number of carbonyl (C=O) groups is 1. The molecule has 0 aliphatic carbocycles. The van der Waals surface area contributed by atoms with Gasteiger partial charge in [-0.25, -0.2) is 9.67 Å². The van der Waals surface area contributed by atoms with Gasteiger partial charge in [-0.1, -0.05) is 42.1 Å². The number of anilines is 1. The van der Waals surface area contributed by atoms with E-state index in [1.807, 2.05) is 54.6 Å². The lowest BCUT2D eigenvalue weighted by molar-refractivity contribution is 0.102. The molecule has 27 heavy (non-hydrogen) atoms. The average Bonchev–Trinajstić information content (AvgIpc) is 3.39. The van der Waals surface area contributed by atoms with Crippen molar-refractivity contribution in [1.29, 1.82) is 0 Å². The van der Waals surface area contributed by atoms with Gasteiger partial charge in [0.15, 0.2) is 5.16 Å². The van der Waals surface area contributed by atoms with Crippen molar-refractivity contribution in [3.63, 3.8) is 0 Å². The minimum Gasteiger partial charge on any atom is -0.319 e. The first-order valence-electron chi connectivity index (χ1n) is 8.26. The number of aromatic nitrogens is 5. The van der Waals surface area contributed by atoms with Crippen LogP contribution >= 0.6 is 11.8 Å². The summed E-state index contributed by atoms with van der Waals surface area (Å²) in [5, 5.41) is 14.5. The molecule has 0 saturated carbocycles. The summed E-state index contributed by atoms with van der Waals surface area (Å²) in [6.45, 7) is 0. The molecule has 0 fully saturated rings. The lowest BCUT2D eigenvalue weighted by Gasteiger charge is -2.04. The van der Waals surface area contributed by atoms with Crippen LogP contribution < -0.4 is 5.32 Å². The second kappa shape index (κ2) is 7.88. The molecule has 2 aromatic heterocycles. The molecule has 4 aromatic rings. The van der Waals surface area contributed by atoms with Crippen LogP contribution in [0.1, 0.15) is 15.9 Å². The Bertz CT molecular complexity index is 1010. The first-order chi connectivity index (χ1) is 13.3. The van der Waals surface area contributed by atoms with E-state index in [4.69, 9.17) is 0 Å². The average molecular weight is 376 g/mol. The molecule has 0 radical (unpaired) electrons. The Kier molecular flexibility index (Phi) is 4.97. The third kappa shape index (κ3) is 4.24. The van der Waals surface area contributed by atoms with E-state index >= 15 is 0 Å². The van der Waals surface area contributed by atoms with Gasteiger partial charge in [-0.2, -0.15) is 10.2 Å². The van der Waals surface area contributed by atoms with Gasteiger partial charge in [-0.15, -0.1) is 0 Å². The summed E-state index contributed by atoms with van der Waals surface area (Å²) >= 11 is 1.56. The first kappa shape index (κ1) is 17.0. The van der Waals surface area contributed by atoms with Gasteiger partial charge < -0.3 is 5.32 Å². The van der Waals surface area contributed by atoms with E-state index < -0.39 is 0 Å². The Morgan fingerprint density at radius 1 is 1.11 bits per heavy atom. The molecule has 134 valence electrons. The van der Waals surface area contributed by atoms with Crippen molar-refractivity contribution in [2.75, 3.05) is 5.32 Å². The number of carbonyl (C=O) groups excluding carboxylic acids is 1. The fraction of sp³-hybridized carbons (Fsp3) is 0.0526. The number of aromatic amines is 1. The summed E-state index contributed by atoms with van der Waals surface area (Å²) in [7, 11) is 0. The summed E-state index contributed by atoms with van der Waals surface area (Å²) in [5.41, 5.74) is 3.28. The largest absolute Gasteiger partial charge is 0.319 e. The number of rotatable bonds is 6. The number of hydrogen-bond donors (Lipinski definition) is 2. The predicted octanol–water partition coefficient (Wildman–Crippen LogP) is 3.54. The topological polar surface area (TPSA) is 88.5 Å². The van der Waals surface area contributed by atoms with E-state index in [2.05, 4.69) is 25.6 Å². The van der Waals surface area contributed by atoms with Crippen molar-refractivity contribution in [3.05, 3.63) is 84.4 Å². The van der Waals surface area contributed by atoms with Crippen LogP contribution in [0.3, 0.4) is 0 Å². The van der Waals surface area contributed by atoms with Gasteiger partial charge in [0.2, 0.25) is 0 Å². The zero-order valence-electron chi connectivity index (χ0n) is 14.2. The Morgan fingerprint density at radius 2 is 1.93 bits per heavy atom. The van der Waals surface area contributed by atoms with Crippen LogP contribution in [-0.4, -0.2) is 30.9 Å². The van der Waals surface area contributed by atoms with E-state index in [0.29, 0.717) is 11.3 Å². The monoisotopic (exact) mass is 376 g/mol. The molecule has 0 saturated heterocycles. The lowest BCUT2D eigenvalue weighted by atomic mass is 10.1. The quantitative estimate of drug-likeness (QED) is 0.503. The van der Waals surface area contributed by atoms with Crippen molar-refractivity contribution >= 4 is 23.4 Å². The third-order valence-electron chi connectivity index (χ3n) is 3.85. The molecule has 7 nitrogen and oxygen atoms in total. The van der Waals surface area contributed by atoms with E-state index in [0.717, 1.165) is 22.2 Å².